The van der Waals surface area contributed by atoms with Crippen LogP contribution in [0.4, 0.5) is 0 Å². The summed E-state index contributed by atoms with van der Waals surface area (Å²) < 4.78 is 10.7. The van der Waals surface area contributed by atoms with Gasteiger partial charge in [0.15, 0.2) is 11.5 Å². The molecule has 0 radical (unpaired) electrons. The Morgan fingerprint density at radius 2 is 2.00 bits per heavy atom. The number of carbonyl (C=O) groups excluding carboxylic acids is 1. The number of rotatable bonds is 5. The minimum atomic E-state index is 0.204. The van der Waals surface area contributed by atoms with Crippen molar-refractivity contribution in [1.82, 2.24) is 9.88 Å². The van der Waals surface area contributed by atoms with E-state index in [2.05, 4.69) is 13.0 Å². The molecule has 26 heavy (non-hydrogen) atoms. The van der Waals surface area contributed by atoms with Gasteiger partial charge in [0.1, 0.15) is 5.03 Å². The number of carbonyl (C=O) groups is 1. The van der Waals surface area contributed by atoms with E-state index in [1.54, 1.807) is 14.2 Å². The number of piperidine rings is 1. The molecule has 0 aliphatic carbocycles. The van der Waals surface area contributed by atoms with E-state index in [0.29, 0.717) is 23.2 Å². The zero-order valence-electron chi connectivity index (χ0n) is 15.9. The highest BCUT2D eigenvalue weighted by molar-refractivity contribution is 7.99. The Hall–Kier alpha value is -1.95. The van der Waals surface area contributed by atoms with Crippen LogP contribution in [0.3, 0.4) is 0 Å². The van der Waals surface area contributed by atoms with Gasteiger partial charge in [0.05, 0.1) is 25.5 Å². The predicted octanol–water partition coefficient (Wildman–Crippen LogP) is 3.91. The molecule has 0 unspecified atom stereocenters. The molecule has 1 amide bonds. The van der Waals surface area contributed by atoms with Crippen molar-refractivity contribution >= 4 is 28.6 Å². The minimum Gasteiger partial charge on any atom is -0.493 e. The molecule has 1 atom stereocenters. The molecule has 6 heteroatoms. The van der Waals surface area contributed by atoms with Crippen LogP contribution in [-0.2, 0) is 4.79 Å². The van der Waals surface area contributed by atoms with Gasteiger partial charge in [0.2, 0.25) is 5.91 Å². The standard InChI is InChI=1S/C20H26N2O3S/c1-13-6-5-7-22(11-13)19(23)12-26-20-14(2)8-15-9-17(24-3)18(25-4)10-16(15)21-20/h8-10,13H,5-7,11-12H2,1-4H3/t13-/m0/s1. The summed E-state index contributed by atoms with van der Waals surface area (Å²) in [6.07, 6.45) is 2.32. The average molecular weight is 375 g/mol. The van der Waals surface area contributed by atoms with Crippen molar-refractivity contribution in [3.63, 3.8) is 0 Å². The second-order valence-corrected chi connectivity index (χ2v) is 7.85. The van der Waals surface area contributed by atoms with E-state index in [9.17, 15) is 4.79 Å². The first-order valence-corrected chi connectivity index (χ1v) is 9.94. The molecular weight excluding hydrogens is 348 g/mol. The van der Waals surface area contributed by atoms with Crippen molar-refractivity contribution in [2.75, 3.05) is 33.1 Å². The van der Waals surface area contributed by atoms with E-state index in [0.717, 1.165) is 41.0 Å². The maximum Gasteiger partial charge on any atom is 0.232 e. The number of thioether (sulfide) groups is 1. The normalized spacial score (nSPS) is 17.4. The van der Waals surface area contributed by atoms with Gasteiger partial charge in [-0.1, -0.05) is 18.7 Å². The molecule has 1 aliphatic rings. The van der Waals surface area contributed by atoms with Crippen molar-refractivity contribution in [3.05, 3.63) is 23.8 Å². The summed E-state index contributed by atoms with van der Waals surface area (Å²) >= 11 is 1.51. The lowest BCUT2D eigenvalue weighted by molar-refractivity contribution is -0.130. The van der Waals surface area contributed by atoms with Crippen molar-refractivity contribution in [2.24, 2.45) is 5.92 Å². The third-order valence-corrected chi connectivity index (χ3v) is 5.88. The number of hydrogen-bond donors (Lipinski definition) is 0. The molecule has 1 fully saturated rings. The molecule has 1 aromatic carbocycles. The molecule has 1 saturated heterocycles. The number of fused-ring (bicyclic) bond motifs is 1. The lowest BCUT2D eigenvalue weighted by Crippen LogP contribution is -2.40. The highest BCUT2D eigenvalue weighted by Gasteiger charge is 2.21. The summed E-state index contributed by atoms with van der Waals surface area (Å²) in [7, 11) is 3.24. The molecule has 5 nitrogen and oxygen atoms in total. The zero-order chi connectivity index (χ0) is 18.7. The second-order valence-electron chi connectivity index (χ2n) is 6.89. The number of amides is 1. The van der Waals surface area contributed by atoms with Crippen LogP contribution in [0.1, 0.15) is 25.3 Å². The molecule has 0 N–H and O–H groups in total. The Balaban J connectivity index is 1.77. The van der Waals surface area contributed by atoms with Crippen LogP contribution in [0.25, 0.3) is 10.9 Å². The Bertz CT molecular complexity index is 809. The number of pyridine rings is 1. The number of likely N-dealkylation sites (tertiary alicyclic amines) is 1. The fraction of sp³-hybridized carbons (Fsp3) is 0.500. The number of methoxy groups -OCH3 is 2. The smallest absolute Gasteiger partial charge is 0.232 e. The van der Waals surface area contributed by atoms with Gasteiger partial charge in [-0.05, 0) is 43.4 Å². The highest BCUT2D eigenvalue weighted by Crippen LogP contribution is 2.33. The molecule has 0 bridgehead atoms. The second kappa shape index (κ2) is 8.16. The van der Waals surface area contributed by atoms with Gasteiger partial charge < -0.3 is 14.4 Å². The van der Waals surface area contributed by atoms with Crippen LogP contribution < -0.4 is 9.47 Å². The Morgan fingerprint density at radius 3 is 2.69 bits per heavy atom. The molecule has 0 saturated carbocycles. The molecule has 2 aromatic rings. The van der Waals surface area contributed by atoms with Crippen molar-refractivity contribution in [1.29, 1.82) is 0 Å². The fourth-order valence-electron chi connectivity index (χ4n) is 3.37. The van der Waals surface area contributed by atoms with Crippen LogP contribution in [0.2, 0.25) is 0 Å². The summed E-state index contributed by atoms with van der Waals surface area (Å²) in [6, 6.07) is 5.90. The summed E-state index contributed by atoms with van der Waals surface area (Å²) in [6.45, 7) is 5.99. The molecule has 140 valence electrons. The monoisotopic (exact) mass is 374 g/mol. The number of aromatic nitrogens is 1. The minimum absolute atomic E-state index is 0.204. The maximum atomic E-state index is 12.5. The lowest BCUT2D eigenvalue weighted by atomic mass is 10.0. The van der Waals surface area contributed by atoms with Crippen LogP contribution in [0.15, 0.2) is 23.2 Å². The third-order valence-electron chi connectivity index (χ3n) is 4.81. The number of ether oxygens (including phenoxy) is 2. The Labute approximate surface area is 159 Å². The number of nitrogens with zero attached hydrogens (tertiary/aromatic N) is 2. The Morgan fingerprint density at radius 1 is 1.27 bits per heavy atom. The van der Waals surface area contributed by atoms with E-state index < -0.39 is 0 Å². The van der Waals surface area contributed by atoms with Crippen molar-refractivity contribution in [3.8, 4) is 11.5 Å². The summed E-state index contributed by atoms with van der Waals surface area (Å²) in [5.74, 6) is 2.58. The van der Waals surface area contributed by atoms with E-state index >= 15 is 0 Å². The first-order chi connectivity index (χ1) is 12.5. The molecule has 3 rings (SSSR count). The summed E-state index contributed by atoms with van der Waals surface area (Å²) in [5.41, 5.74) is 1.91. The third kappa shape index (κ3) is 4.06. The van der Waals surface area contributed by atoms with E-state index in [1.807, 2.05) is 24.0 Å². The molecular formula is C20H26N2O3S. The van der Waals surface area contributed by atoms with E-state index in [-0.39, 0.29) is 5.91 Å². The SMILES string of the molecule is COc1cc2cc(C)c(SCC(=O)N3CCC[C@H](C)C3)nc2cc1OC. The maximum absolute atomic E-state index is 12.5. The molecule has 0 spiro atoms. The summed E-state index contributed by atoms with van der Waals surface area (Å²) in [5, 5.41) is 1.89. The highest BCUT2D eigenvalue weighted by atomic mass is 32.2. The quantitative estimate of drug-likeness (QED) is 0.743. The van der Waals surface area contributed by atoms with E-state index in [4.69, 9.17) is 14.5 Å². The van der Waals surface area contributed by atoms with Gasteiger partial charge in [0.25, 0.3) is 0 Å². The fourth-order valence-corrected chi connectivity index (χ4v) is 4.26. The number of hydrogen-bond acceptors (Lipinski definition) is 5. The average Bonchev–Trinajstić information content (AvgIpc) is 2.65. The molecule has 1 aromatic heterocycles. The van der Waals surface area contributed by atoms with Gasteiger partial charge in [-0.25, -0.2) is 4.98 Å². The summed E-state index contributed by atoms with van der Waals surface area (Å²) in [4.78, 5) is 19.3. The van der Waals surface area contributed by atoms with Crippen LogP contribution in [0.5, 0.6) is 11.5 Å². The first kappa shape index (κ1) is 18.8. The topological polar surface area (TPSA) is 51.7 Å². The van der Waals surface area contributed by atoms with Crippen molar-refractivity contribution < 1.29 is 14.3 Å². The zero-order valence-corrected chi connectivity index (χ0v) is 16.7. The van der Waals surface area contributed by atoms with Gasteiger partial charge in [0, 0.05) is 24.5 Å². The Kier molecular flexibility index (Phi) is 5.91. The van der Waals surface area contributed by atoms with Crippen molar-refractivity contribution in [2.45, 2.75) is 31.7 Å². The largest absolute Gasteiger partial charge is 0.493 e. The number of aryl methyl sites for hydroxylation is 1. The molecule has 1 aliphatic heterocycles. The van der Waals surface area contributed by atoms with E-state index in [1.165, 1.54) is 18.2 Å². The van der Waals surface area contributed by atoms with Crippen LogP contribution in [-0.4, -0.2) is 48.9 Å². The van der Waals surface area contributed by atoms with Crippen LogP contribution >= 0.6 is 11.8 Å². The predicted molar refractivity (Wildman–Crippen MR) is 105 cm³/mol. The molecule has 2 heterocycles. The lowest BCUT2D eigenvalue weighted by Gasteiger charge is -2.30. The first-order valence-electron chi connectivity index (χ1n) is 8.95. The van der Waals surface area contributed by atoms with Gasteiger partial charge in [-0.15, -0.1) is 0 Å². The van der Waals surface area contributed by atoms with Gasteiger partial charge in [-0.3, -0.25) is 4.79 Å². The number of benzene rings is 1. The van der Waals surface area contributed by atoms with Gasteiger partial charge >= 0.3 is 0 Å². The van der Waals surface area contributed by atoms with Crippen LogP contribution in [0, 0.1) is 12.8 Å². The van der Waals surface area contributed by atoms with Gasteiger partial charge in [-0.2, -0.15) is 0 Å².